The smallest absolute Gasteiger partial charge is 0.251 e. The molecule has 1 heterocycles. The maximum Gasteiger partial charge on any atom is 0.251 e. The number of hydrogen-bond acceptors (Lipinski definition) is 4. The zero-order valence-electron chi connectivity index (χ0n) is 12.2. The molecule has 2 unspecified atom stereocenters. The lowest BCUT2D eigenvalue weighted by molar-refractivity contribution is -0.645. The van der Waals surface area contributed by atoms with Gasteiger partial charge in [-0.15, -0.1) is 0 Å². The van der Waals surface area contributed by atoms with E-state index >= 15 is 0 Å². The van der Waals surface area contributed by atoms with Crippen LogP contribution in [0.3, 0.4) is 0 Å². The molecule has 0 saturated carbocycles. The summed E-state index contributed by atoms with van der Waals surface area (Å²) in [6, 6.07) is 12.6. The summed E-state index contributed by atoms with van der Waals surface area (Å²) in [6.45, 7) is 2.13. The summed E-state index contributed by atoms with van der Waals surface area (Å²) in [4.78, 5) is 0. The SMILES string of the molecule is CC(OCC(O)CSc1cccc[n+]1[O-])c1ccc(Cl)cc1. The minimum Gasteiger partial charge on any atom is -0.618 e. The summed E-state index contributed by atoms with van der Waals surface area (Å²) in [5.74, 6) is 0.402. The number of ether oxygens (including phenoxy) is 1. The molecule has 0 aliphatic heterocycles. The Hall–Kier alpha value is -1.27. The number of rotatable bonds is 7. The van der Waals surface area contributed by atoms with Crippen molar-refractivity contribution >= 4 is 23.4 Å². The Kier molecular flexibility index (Phi) is 6.51. The van der Waals surface area contributed by atoms with Crippen LogP contribution in [-0.4, -0.2) is 23.6 Å². The number of hydrogen-bond donors (Lipinski definition) is 1. The molecule has 6 heteroatoms. The van der Waals surface area contributed by atoms with E-state index in [1.54, 1.807) is 18.2 Å². The Morgan fingerprint density at radius 1 is 1.27 bits per heavy atom. The van der Waals surface area contributed by atoms with Crippen LogP contribution in [0, 0.1) is 5.21 Å². The number of thioether (sulfide) groups is 1. The van der Waals surface area contributed by atoms with Crippen LogP contribution in [0.5, 0.6) is 0 Å². The van der Waals surface area contributed by atoms with Gasteiger partial charge in [0.2, 0.25) is 0 Å². The van der Waals surface area contributed by atoms with Gasteiger partial charge in [0.15, 0.2) is 6.20 Å². The molecule has 1 aromatic carbocycles. The first kappa shape index (κ1) is 17.1. The molecule has 4 nitrogen and oxygen atoms in total. The third kappa shape index (κ3) is 5.18. The molecule has 0 bridgehead atoms. The van der Waals surface area contributed by atoms with Gasteiger partial charge >= 0.3 is 0 Å². The van der Waals surface area contributed by atoms with Crippen LogP contribution >= 0.6 is 23.4 Å². The van der Waals surface area contributed by atoms with Gasteiger partial charge in [-0.05, 0) is 30.7 Å². The van der Waals surface area contributed by atoms with Crippen molar-refractivity contribution < 1.29 is 14.6 Å². The highest BCUT2D eigenvalue weighted by Gasteiger charge is 2.13. The van der Waals surface area contributed by atoms with Gasteiger partial charge in [-0.3, -0.25) is 0 Å². The van der Waals surface area contributed by atoms with Gasteiger partial charge in [0.25, 0.3) is 5.03 Å². The van der Waals surface area contributed by atoms with E-state index in [9.17, 15) is 10.3 Å². The zero-order valence-corrected chi connectivity index (χ0v) is 13.8. The molecule has 0 spiro atoms. The average Bonchev–Trinajstić information content (AvgIpc) is 2.52. The lowest BCUT2D eigenvalue weighted by atomic mass is 10.1. The predicted octanol–water partition coefficient (Wildman–Crippen LogP) is 3.20. The highest BCUT2D eigenvalue weighted by Crippen LogP contribution is 2.20. The minimum atomic E-state index is -0.639. The summed E-state index contributed by atoms with van der Waals surface area (Å²) in [6.07, 6.45) is 0.673. The van der Waals surface area contributed by atoms with Crippen LogP contribution in [-0.2, 0) is 4.74 Å². The van der Waals surface area contributed by atoms with E-state index < -0.39 is 6.10 Å². The molecule has 2 atom stereocenters. The summed E-state index contributed by atoms with van der Waals surface area (Å²) in [5, 5.41) is 22.7. The number of benzene rings is 1. The standard InChI is InChI=1S/C16H18ClNO3S/c1-12(13-5-7-14(17)8-6-13)21-10-15(19)11-22-16-4-2-3-9-18(16)20/h2-9,12,15,19H,10-11H2,1H3. The van der Waals surface area contributed by atoms with Gasteiger partial charge in [-0.1, -0.05) is 35.5 Å². The van der Waals surface area contributed by atoms with Crippen molar-refractivity contribution in [2.45, 2.75) is 24.2 Å². The molecule has 0 saturated heterocycles. The van der Waals surface area contributed by atoms with E-state index in [1.807, 2.05) is 31.2 Å². The summed E-state index contributed by atoms with van der Waals surface area (Å²) in [5.41, 5.74) is 1.00. The number of nitrogens with zero attached hydrogens (tertiary/aromatic N) is 1. The lowest BCUT2D eigenvalue weighted by Gasteiger charge is -2.16. The fourth-order valence-electron chi connectivity index (χ4n) is 1.84. The number of aliphatic hydroxyl groups is 1. The second-order valence-corrected chi connectivity index (χ2v) is 6.33. The number of aliphatic hydroxyl groups excluding tert-OH is 1. The molecule has 2 aromatic rings. The van der Waals surface area contributed by atoms with Crippen molar-refractivity contribution in [3.8, 4) is 0 Å². The molecule has 118 valence electrons. The van der Waals surface area contributed by atoms with Gasteiger partial charge in [-0.2, -0.15) is 4.73 Å². The monoisotopic (exact) mass is 339 g/mol. The average molecular weight is 340 g/mol. The van der Waals surface area contributed by atoms with Gasteiger partial charge in [0.05, 0.1) is 18.8 Å². The van der Waals surface area contributed by atoms with Gasteiger partial charge in [-0.25, -0.2) is 0 Å². The minimum absolute atomic E-state index is 0.127. The molecule has 0 amide bonds. The lowest BCUT2D eigenvalue weighted by Crippen LogP contribution is -2.29. The van der Waals surface area contributed by atoms with Crippen molar-refractivity contribution in [3.05, 3.63) is 64.5 Å². The number of halogens is 1. The molecule has 0 fully saturated rings. The molecule has 2 rings (SSSR count). The third-order valence-corrected chi connectivity index (χ3v) is 4.51. The molecule has 0 radical (unpaired) electrons. The molecule has 1 aromatic heterocycles. The second kappa shape index (κ2) is 8.39. The topological polar surface area (TPSA) is 56.4 Å². The fraction of sp³-hybridized carbons (Fsp3) is 0.312. The molecule has 1 N–H and O–H groups in total. The largest absolute Gasteiger partial charge is 0.618 e. The maximum absolute atomic E-state index is 11.5. The van der Waals surface area contributed by atoms with Crippen LogP contribution in [0.25, 0.3) is 0 Å². The Morgan fingerprint density at radius 2 is 2.00 bits per heavy atom. The van der Waals surface area contributed by atoms with Crippen molar-refractivity contribution in [1.29, 1.82) is 0 Å². The third-order valence-electron chi connectivity index (χ3n) is 3.09. The quantitative estimate of drug-likeness (QED) is 0.478. The first-order chi connectivity index (χ1) is 10.6. The van der Waals surface area contributed by atoms with Crippen molar-refractivity contribution in [2.24, 2.45) is 0 Å². The van der Waals surface area contributed by atoms with Crippen LogP contribution in [0.15, 0.2) is 53.7 Å². The summed E-state index contributed by atoms with van der Waals surface area (Å²) >= 11 is 7.15. The Balaban J connectivity index is 1.76. The molecule has 22 heavy (non-hydrogen) atoms. The Labute approximate surface area is 139 Å². The van der Waals surface area contributed by atoms with Crippen LogP contribution in [0.1, 0.15) is 18.6 Å². The maximum atomic E-state index is 11.5. The molecule has 0 aliphatic rings. The van der Waals surface area contributed by atoms with Crippen molar-refractivity contribution in [2.75, 3.05) is 12.4 Å². The molecular formula is C16H18ClNO3S. The number of pyridine rings is 1. The van der Waals surface area contributed by atoms with Crippen molar-refractivity contribution in [1.82, 2.24) is 0 Å². The fourth-order valence-corrected chi connectivity index (χ4v) is 2.79. The van der Waals surface area contributed by atoms with Gasteiger partial charge < -0.3 is 15.1 Å². The number of aromatic nitrogens is 1. The normalized spacial score (nSPS) is 13.8. The van der Waals surface area contributed by atoms with Crippen LogP contribution in [0.2, 0.25) is 5.02 Å². The van der Waals surface area contributed by atoms with Crippen LogP contribution < -0.4 is 4.73 Å². The predicted molar refractivity (Wildman–Crippen MR) is 88.0 cm³/mol. The first-order valence-corrected chi connectivity index (χ1v) is 8.28. The van der Waals surface area contributed by atoms with E-state index in [2.05, 4.69) is 0 Å². The molecular weight excluding hydrogens is 322 g/mol. The first-order valence-electron chi connectivity index (χ1n) is 6.92. The summed E-state index contributed by atoms with van der Waals surface area (Å²) in [7, 11) is 0. The van der Waals surface area contributed by atoms with E-state index in [1.165, 1.54) is 18.0 Å². The van der Waals surface area contributed by atoms with Gasteiger partial charge in [0, 0.05) is 22.9 Å². The Morgan fingerprint density at radius 3 is 2.68 bits per heavy atom. The van der Waals surface area contributed by atoms with Crippen LogP contribution in [0.4, 0.5) is 0 Å². The van der Waals surface area contributed by atoms with E-state index in [-0.39, 0.29) is 12.7 Å². The van der Waals surface area contributed by atoms with Gasteiger partial charge in [0.1, 0.15) is 0 Å². The summed E-state index contributed by atoms with van der Waals surface area (Å²) < 4.78 is 6.44. The van der Waals surface area contributed by atoms with Crippen molar-refractivity contribution in [3.63, 3.8) is 0 Å². The Bertz CT molecular complexity index is 594. The van der Waals surface area contributed by atoms with E-state index in [4.69, 9.17) is 16.3 Å². The second-order valence-electron chi connectivity index (χ2n) is 4.86. The highest BCUT2D eigenvalue weighted by atomic mass is 35.5. The highest BCUT2D eigenvalue weighted by molar-refractivity contribution is 7.99. The zero-order chi connectivity index (χ0) is 15.9. The molecule has 0 aliphatic carbocycles. The van der Waals surface area contributed by atoms with E-state index in [0.717, 1.165) is 10.3 Å². The van der Waals surface area contributed by atoms with E-state index in [0.29, 0.717) is 15.8 Å².